The first-order valence-electron chi connectivity index (χ1n) is 6.26. The van der Waals surface area contributed by atoms with Crippen molar-refractivity contribution in [1.82, 2.24) is 0 Å². The lowest BCUT2D eigenvalue weighted by molar-refractivity contribution is 0.388. The maximum Gasteiger partial charge on any atom is 0.205 e. The Morgan fingerprint density at radius 2 is 1.90 bits per heavy atom. The van der Waals surface area contributed by atoms with Crippen LogP contribution in [0.3, 0.4) is 0 Å². The lowest BCUT2D eigenvalue weighted by Crippen LogP contribution is -2.20. The predicted octanol–water partition coefficient (Wildman–Crippen LogP) is 3.26. The maximum atomic E-state index is 9.57. The molecule has 4 nitrogen and oxygen atoms in total. The molecule has 3 rings (SSSR count). The molecule has 1 aliphatic rings. The van der Waals surface area contributed by atoms with Crippen LogP contribution < -0.4 is 10.5 Å². The second kappa shape index (κ2) is 5.04. The zero-order valence-electron chi connectivity index (χ0n) is 10.9. The topological polar surface area (TPSA) is 79.3 Å². The van der Waals surface area contributed by atoms with E-state index in [0.717, 1.165) is 11.1 Å². The molecule has 0 aliphatic carbocycles. The van der Waals surface area contributed by atoms with Crippen molar-refractivity contribution in [2.75, 3.05) is 0 Å². The van der Waals surface area contributed by atoms with Gasteiger partial charge in [-0.15, -0.1) is 0 Å². The third-order valence-corrected chi connectivity index (χ3v) is 3.66. The van der Waals surface area contributed by atoms with Gasteiger partial charge in [0.2, 0.25) is 5.88 Å². The zero-order chi connectivity index (χ0) is 15.0. The molecule has 0 aromatic heterocycles. The van der Waals surface area contributed by atoms with Crippen molar-refractivity contribution >= 4 is 11.6 Å². The van der Waals surface area contributed by atoms with Crippen LogP contribution >= 0.6 is 11.6 Å². The van der Waals surface area contributed by atoms with Gasteiger partial charge >= 0.3 is 0 Å². The van der Waals surface area contributed by atoms with Gasteiger partial charge in [0.1, 0.15) is 23.1 Å². The molecule has 0 fully saturated rings. The Bertz CT molecular complexity index is 776. The van der Waals surface area contributed by atoms with Gasteiger partial charge in [-0.1, -0.05) is 29.8 Å². The number of fused-ring (bicyclic) bond motifs is 1. The highest BCUT2D eigenvalue weighted by Crippen LogP contribution is 2.43. The molecule has 2 aromatic carbocycles. The zero-order valence-corrected chi connectivity index (χ0v) is 11.6. The molecule has 2 aromatic rings. The fourth-order valence-corrected chi connectivity index (χ4v) is 2.57. The van der Waals surface area contributed by atoms with Crippen molar-refractivity contribution in [3.05, 3.63) is 70.1 Å². The molecule has 0 radical (unpaired) electrons. The Morgan fingerprint density at radius 3 is 2.57 bits per heavy atom. The molecule has 0 amide bonds. The van der Waals surface area contributed by atoms with E-state index in [9.17, 15) is 10.4 Å². The lowest BCUT2D eigenvalue weighted by atomic mass is 9.83. The fraction of sp³-hybridized carbons (Fsp3) is 0.0625. The fourth-order valence-electron chi connectivity index (χ4n) is 2.44. The van der Waals surface area contributed by atoms with Crippen LogP contribution in [0.4, 0.5) is 0 Å². The molecule has 1 aliphatic heterocycles. The van der Waals surface area contributed by atoms with Crippen LogP contribution in [-0.4, -0.2) is 5.11 Å². The number of hydrogen-bond acceptors (Lipinski definition) is 4. The van der Waals surface area contributed by atoms with Gasteiger partial charge < -0.3 is 15.6 Å². The summed E-state index contributed by atoms with van der Waals surface area (Å²) in [6, 6.07) is 14.1. The van der Waals surface area contributed by atoms with Crippen LogP contribution in [0, 0.1) is 11.3 Å². The van der Waals surface area contributed by atoms with Gasteiger partial charge in [-0.25, -0.2) is 0 Å². The summed E-state index contributed by atoms with van der Waals surface area (Å²) in [5.74, 6) is 0.246. The van der Waals surface area contributed by atoms with E-state index >= 15 is 0 Å². The smallest absolute Gasteiger partial charge is 0.205 e. The number of rotatable bonds is 1. The van der Waals surface area contributed by atoms with Crippen LogP contribution in [0.2, 0.25) is 5.02 Å². The Balaban J connectivity index is 2.21. The second-order valence-corrected chi connectivity index (χ2v) is 5.13. The minimum atomic E-state index is -0.336. The molecule has 1 atom stereocenters. The van der Waals surface area contributed by atoms with Crippen LogP contribution in [-0.2, 0) is 0 Å². The molecule has 5 heteroatoms. The Morgan fingerprint density at radius 1 is 1.19 bits per heavy atom. The summed E-state index contributed by atoms with van der Waals surface area (Å²) in [7, 11) is 0. The second-order valence-electron chi connectivity index (χ2n) is 4.70. The Hall–Kier alpha value is -2.64. The first-order valence-corrected chi connectivity index (χ1v) is 6.64. The van der Waals surface area contributed by atoms with Gasteiger partial charge in [-0.2, -0.15) is 5.26 Å². The largest absolute Gasteiger partial charge is 0.508 e. The van der Waals surface area contributed by atoms with E-state index < -0.39 is 0 Å². The normalized spacial score (nSPS) is 16.9. The van der Waals surface area contributed by atoms with E-state index in [-0.39, 0.29) is 17.6 Å². The SMILES string of the molecule is N#CC1=C(N)Oc2cc(O)ccc2[C@@H]1c1ccc(Cl)cc1. The summed E-state index contributed by atoms with van der Waals surface area (Å²) in [5.41, 5.74) is 7.84. The van der Waals surface area contributed by atoms with Crippen LogP contribution in [0.15, 0.2) is 53.9 Å². The molecule has 0 bridgehead atoms. The van der Waals surface area contributed by atoms with Crippen molar-refractivity contribution in [3.63, 3.8) is 0 Å². The first-order chi connectivity index (χ1) is 10.1. The van der Waals surface area contributed by atoms with E-state index in [4.69, 9.17) is 22.1 Å². The average Bonchev–Trinajstić information content (AvgIpc) is 2.46. The predicted molar refractivity (Wildman–Crippen MR) is 78.9 cm³/mol. The van der Waals surface area contributed by atoms with Crippen molar-refractivity contribution < 1.29 is 9.84 Å². The highest BCUT2D eigenvalue weighted by Gasteiger charge is 2.30. The van der Waals surface area contributed by atoms with E-state index in [1.54, 1.807) is 24.3 Å². The number of hydrogen-bond donors (Lipinski definition) is 2. The highest BCUT2D eigenvalue weighted by atomic mass is 35.5. The molecule has 0 spiro atoms. The molecule has 104 valence electrons. The third kappa shape index (κ3) is 2.28. The van der Waals surface area contributed by atoms with Gasteiger partial charge in [0, 0.05) is 16.7 Å². The summed E-state index contributed by atoms with van der Waals surface area (Å²) in [6.07, 6.45) is 0. The quantitative estimate of drug-likeness (QED) is 0.847. The van der Waals surface area contributed by atoms with Crippen molar-refractivity contribution in [2.24, 2.45) is 5.73 Å². The Labute approximate surface area is 126 Å². The number of allylic oxidation sites excluding steroid dienone is 1. The summed E-state index contributed by atoms with van der Waals surface area (Å²) in [4.78, 5) is 0. The van der Waals surface area contributed by atoms with Crippen LogP contribution in [0.25, 0.3) is 0 Å². The molecule has 1 heterocycles. The number of nitriles is 1. The summed E-state index contributed by atoms with van der Waals surface area (Å²) < 4.78 is 5.44. The molecular weight excluding hydrogens is 288 g/mol. The van der Waals surface area contributed by atoms with Crippen molar-refractivity contribution in [3.8, 4) is 17.6 Å². The molecule has 0 saturated heterocycles. The molecule has 21 heavy (non-hydrogen) atoms. The monoisotopic (exact) mass is 298 g/mol. The lowest BCUT2D eigenvalue weighted by Gasteiger charge is -2.26. The summed E-state index contributed by atoms with van der Waals surface area (Å²) >= 11 is 5.91. The third-order valence-electron chi connectivity index (χ3n) is 3.41. The number of nitrogens with two attached hydrogens (primary N) is 1. The molecule has 3 N–H and O–H groups in total. The standard InChI is InChI=1S/C16H11ClN2O2/c17-10-3-1-9(2-4-10)15-12-6-5-11(20)7-14(12)21-16(19)13(15)8-18/h1-7,15,20H,19H2/t15-/m0/s1. The molecule has 0 saturated carbocycles. The summed E-state index contributed by atoms with van der Waals surface area (Å²) in [5, 5.41) is 19.6. The number of ether oxygens (including phenoxy) is 1. The van der Waals surface area contributed by atoms with E-state index in [1.807, 2.05) is 12.1 Å². The van der Waals surface area contributed by atoms with Gasteiger partial charge in [0.25, 0.3) is 0 Å². The number of nitrogens with zero attached hydrogens (tertiary/aromatic N) is 1. The van der Waals surface area contributed by atoms with Gasteiger partial charge in [0.05, 0.1) is 5.92 Å². The van der Waals surface area contributed by atoms with Gasteiger partial charge in [-0.3, -0.25) is 0 Å². The minimum Gasteiger partial charge on any atom is -0.508 e. The maximum absolute atomic E-state index is 9.57. The van der Waals surface area contributed by atoms with Crippen LogP contribution in [0.5, 0.6) is 11.5 Å². The van der Waals surface area contributed by atoms with E-state index in [2.05, 4.69) is 6.07 Å². The minimum absolute atomic E-state index is 0.0514. The molecule has 0 unspecified atom stereocenters. The van der Waals surface area contributed by atoms with Gasteiger partial charge in [0.15, 0.2) is 0 Å². The van der Waals surface area contributed by atoms with Crippen LogP contribution in [0.1, 0.15) is 17.0 Å². The average molecular weight is 299 g/mol. The highest BCUT2D eigenvalue weighted by molar-refractivity contribution is 6.30. The number of phenols is 1. The number of aromatic hydroxyl groups is 1. The van der Waals surface area contributed by atoms with E-state index in [0.29, 0.717) is 16.3 Å². The van der Waals surface area contributed by atoms with Crippen molar-refractivity contribution in [2.45, 2.75) is 5.92 Å². The number of phenolic OH excluding ortho intramolecular Hbond substituents is 1. The molecular formula is C16H11ClN2O2. The number of benzene rings is 2. The van der Waals surface area contributed by atoms with Crippen molar-refractivity contribution in [1.29, 1.82) is 5.26 Å². The van der Waals surface area contributed by atoms with E-state index in [1.165, 1.54) is 6.07 Å². The first kappa shape index (κ1) is 13.3. The number of halogens is 1. The van der Waals surface area contributed by atoms with Gasteiger partial charge in [-0.05, 0) is 23.8 Å². The Kier molecular flexibility index (Phi) is 3.20. The summed E-state index contributed by atoms with van der Waals surface area (Å²) in [6.45, 7) is 0.